The van der Waals surface area contributed by atoms with E-state index >= 15 is 0 Å². The highest BCUT2D eigenvalue weighted by Gasteiger charge is 2.24. The minimum absolute atomic E-state index is 0.0165. The number of hydrogen-bond acceptors (Lipinski definition) is 4. The molecule has 0 saturated carbocycles. The first-order valence-electron chi connectivity index (χ1n) is 6.22. The molecule has 1 heterocycles. The van der Waals surface area contributed by atoms with Crippen molar-refractivity contribution in [3.05, 3.63) is 0 Å². The van der Waals surface area contributed by atoms with Crippen LogP contribution in [0.2, 0.25) is 0 Å². The molecule has 0 aromatic carbocycles. The van der Waals surface area contributed by atoms with Crippen LogP contribution in [0.25, 0.3) is 0 Å². The van der Waals surface area contributed by atoms with Crippen molar-refractivity contribution in [2.75, 3.05) is 26.2 Å². The Morgan fingerprint density at radius 3 is 2.61 bits per heavy atom. The SMILES string of the molecule is N#CCCN1CCC(C(=O)NCCC(=O)O)CC1. The number of carbonyl (C=O) groups excluding carboxylic acids is 1. The molecule has 1 aliphatic heterocycles. The molecule has 100 valence electrons. The van der Waals surface area contributed by atoms with E-state index in [1.54, 1.807) is 0 Å². The molecule has 0 unspecified atom stereocenters. The van der Waals surface area contributed by atoms with Gasteiger partial charge >= 0.3 is 5.97 Å². The second-order valence-electron chi connectivity index (χ2n) is 4.46. The zero-order valence-corrected chi connectivity index (χ0v) is 10.4. The Morgan fingerprint density at radius 2 is 2.06 bits per heavy atom. The maximum atomic E-state index is 11.7. The fraction of sp³-hybridized carbons (Fsp3) is 0.750. The number of piperidine rings is 1. The molecule has 1 fully saturated rings. The molecule has 0 radical (unpaired) electrons. The number of rotatable bonds is 6. The van der Waals surface area contributed by atoms with Gasteiger partial charge in [0.2, 0.25) is 5.91 Å². The fourth-order valence-electron chi connectivity index (χ4n) is 2.06. The van der Waals surface area contributed by atoms with Crippen molar-refractivity contribution < 1.29 is 14.7 Å². The van der Waals surface area contributed by atoms with Gasteiger partial charge < -0.3 is 15.3 Å². The van der Waals surface area contributed by atoms with Gasteiger partial charge in [-0.3, -0.25) is 9.59 Å². The number of nitrogens with one attached hydrogen (secondary N) is 1. The monoisotopic (exact) mass is 253 g/mol. The summed E-state index contributed by atoms with van der Waals surface area (Å²) in [5, 5.41) is 19.6. The van der Waals surface area contributed by atoms with E-state index in [-0.39, 0.29) is 24.8 Å². The van der Waals surface area contributed by atoms with Gasteiger partial charge in [-0.25, -0.2) is 0 Å². The molecule has 0 atom stereocenters. The molecule has 6 heteroatoms. The van der Waals surface area contributed by atoms with E-state index in [1.165, 1.54) is 0 Å². The first kappa shape index (κ1) is 14.5. The van der Waals surface area contributed by atoms with E-state index in [1.807, 2.05) is 0 Å². The normalized spacial score (nSPS) is 17.1. The molecule has 1 rings (SSSR count). The molecular weight excluding hydrogens is 234 g/mol. The lowest BCUT2D eigenvalue weighted by molar-refractivity contribution is -0.137. The summed E-state index contributed by atoms with van der Waals surface area (Å²) in [6, 6.07) is 2.11. The zero-order valence-electron chi connectivity index (χ0n) is 10.4. The van der Waals surface area contributed by atoms with Crippen LogP contribution in [0.15, 0.2) is 0 Å². The molecule has 1 saturated heterocycles. The van der Waals surface area contributed by atoms with Crippen molar-refractivity contribution in [2.45, 2.75) is 25.7 Å². The summed E-state index contributed by atoms with van der Waals surface area (Å²) in [7, 11) is 0. The van der Waals surface area contributed by atoms with Crippen molar-refractivity contribution in [3.8, 4) is 6.07 Å². The van der Waals surface area contributed by atoms with Crippen molar-refractivity contribution in [1.82, 2.24) is 10.2 Å². The highest BCUT2D eigenvalue weighted by molar-refractivity contribution is 5.79. The second kappa shape index (κ2) is 7.67. The molecular formula is C12H19N3O3. The molecule has 0 aromatic heterocycles. The Morgan fingerprint density at radius 1 is 1.39 bits per heavy atom. The van der Waals surface area contributed by atoms with E-state index in [0.29, 0.717) is 6.42 Å². The Bertz CT molecular complexity index is 330. The van der Waals surface area contributed by atoms with E-state index in [4.69, 9.17) is 10.4 Å². The van der Waals surface area contributed by atoms with Crippen LogP contribution in [-0.4, -0.2) is 48.1 Å². The van der Waals surface area contributed by atoms with Crippen LogP contribution < -0.4 is 5.32 Å². The Balaban J connectivity index is 2.19. The minimum atomic E-state index is -0.901. The van der Waals surface area contributed by atoms with Gasteiger partial charge in [0.25, 0.3) is 0 Å². The average Bonchev–Trinajstić information content (AvgIpc) is 2.36. The predicted molar refractivity (Wildman–Crippen MR) is 64.7 cm³/mol. The lowest BCUT2D eigenvalue weighted by atomic mass is 9.96. The topological polar surface area (TPSA) is 93.4 Å². The van der Waals surface area contributed by atoms with Gasteiger partial charge in [-0.2, -0.15) is 5.26 Å². The van der Waals surface area contributed by atoms with Crippen molar-refractivity contribution >= 4 is 11.9 Å². The van der Waals surface area contributed by atoms with Crippen LogP contribution in [-0.2, 0) is 9.59 Å². The predicted octanol–water partition coefficient (Wildman–Crippen LogP) is 0.203. The first-order valence-corrected chi connectivity index (χ1v) is 6.22. The lowest BCUT2D eigenvalue weighted by Crippen LogP contribution is -2.41. The lowest BCUT2D eigenvalue weighted by Gasteiger charge is -2.30. The first-order chi connectivity index (χ1) is 8.63. The van der Waals surface area contributed by atoms with E-state index in [0.717, 1.165) is 32.5 Å². The minimum Gasteiger partial charge on any atom is -0.481 e. The van der Waals surface area contributed by atoms with E-state index < -0.39 is 5.97 Å². The number of carboxylic acid groups (broad SMARTS) is 1. The zero-order chi connectivity index (χ0) is 13.4. The van der Waals surface area contributed by atoms with Gasteiger partial charge in [0.1, 0.15) is 0 Å². The Hall–Kier alpha value is -1.61. The maximum absolute atomic E-state index is 11.7. The molecule has 0 aromatic rings. The maximum Gasteiger partial charge on any atom is 0.305 e. The molecule has 1 amide bonds. The van der Waals surface area contributed by atoms with Crippen LogP contribution in [0, 0.1) is 17.2 Å². The van der Waals surface area contributed by atoms with Crippen LogP contribution in [0.3, 0.4) is 0 Å². The smallest absolute Gasteiger partial charge is 0.305 e. The summed E-state index contributed by atoms with van der Waals surface area (Å²) in [5.41, 5.74) is 0. The van der Waals surface area contributed by atoms with Crippen LogP contribution in [0.1, 0.15) is 25.7 Å². The standard InChI is InChI=1S/C12H19N3O3/c13-5-1-7-15-8-3-10(4-9-15)12(18)14-6-2-11(16)17/h10H,1-4,6-9H2,(H,14,18)(H,16,17). The number of amides is 1. The summed E-state index contributed by atoms with van der Waals surface area (Å²) in [6.45, 7) is 2.63. The van der Waals surface area contributed by atoms with Gasteiger partial charge in [-0.05, 0) is 25.9 Å². The highest BCUT2D eigenvalue weighted by Crippen LogP contribution is 2.17. The largest absolute Gasteiger partial charge is 0.481 e. The van der Waals surface area contributed by atoms with E-state index in [2.05, 4.69) is 16.3 Å². The van der Waals surface area contributed by atoms with Gasteiger partial charge in [0.05, 0.1) is 12.5 Å². The third-order valence-corrected chi connectivity index (χ3v) is 3.14. The number of carbonyl (C=O) groups is 2. The number of nitrogens with zero attached hydrogens (tertiary/aromatic N) is 2. The summed E-state index contributed by atoms with van der Waals surface area (Å²) in [6.07, 6.45) is 2.05. The molecule has 2 N–H and O–H groups in total. The Kier molecular flexibility index (Phi) is 6.15. The average molecular weight is 253 g/mol. The van der Waals surface area contributed by atoms with E-state index in [9.17, 15) is 9.59 Å². The molecule has 18 heavy (non-hydrogen) atoms. The summed E-state index contributed by atoms with van der Waals surface area (Å²) < 4.78 is 0. The summed E-state index contributed by atoms with van der Waals surface area (Å²) >= 11 is 0. The summed E-state index contributed by atoms with van der Waals surface area (Å²) in [4.78, 5) is 24.2. The molecule has 1 aliphatic rings. The summed E-state index contributed by atoms with van der Waals surface area (Å²) in [5.74, 6) is -0.963. The van der Waals surface area contributed by atoms with Crippen LogP contribution >= 0.6 is 0 Å². The third-order valence-electron chi connectivity index (χ3n) is 3.14. The number of aliphatic carboxylic acids is 1. The van der Waals surface area contributed by atoms with Gasteiger partial charge in [0.15, 0.2) is 0 Å². The van der Waals surface area contributed by atoms with Crippen molar-refractivity contribution in [2.24, 2.45) is 5.92 Å². The molecule has 0 spiro atoms. The fourth-order valence-corrected chi connectivity index (χ4v) is 2.06. The number of likely N-dealkylation sites (tertiary alicyclic amines) is 1. The molecule has 0 bridgehead atoms. The number of carboxylic acids is 1. The van der Waals surface area contributed by atoms with Gasteiger partial charge in [0, 0.05) is 25.4 Å². The van der Waals surface area contributed by atoms with Gasteiger partial charge in [-0.15, -0.1) is 0 Å². The van der Waals surface area contributed by atoms with Gasteiger partial charge in [-0.1, -0.05) is 0 Å². The van der Waals surface area contributed by atoms with Crippen molar-refractivity contribution in [1.29, 1.82) is 5.26 Å². The quantitative estimate of drug-likeness (QED) is 0.705. The molecule has 0 aliphatic carbocycles. The second-order valence-corrected chi connectivity index (χ2v) is 4.46. The van der Waals surface area contributed by atoms with Crippen LogP contribution in [0.5, 0.6) is 0 Å². The van der Waals surface area contributed by atoms with Crippen LogP contribution in [0.4, 0.5) is 0 Å². The molecule has 6 nitrogen and oxygen atoms in total. The number of hydrogen-bond donors (Lipinski definition) is 2. The van der Waals surface area contributed by atoms with Crippen molar-refractivity contribution in [3.63, 3.8) is 0 Å². The number of nitriles is 1. The Labute approximate surface area is 107 Å². The highest BCUT2D eigenvalue weighted by atomic mass is 16.4. The third kappa shape index (κ3) is 5.15.